The fraction of sp³-hybridized carbons (Fsp3) is 0.750. The van der Waals surface area contributed by atoms with Crippen molar-refractivity contribution in [2.75, 3.05) is 13.6 Å². The standard InChI is InChI=1S/C4H7N3O/c1-7-3-2-4(5-7)6-8/h2-3H2,1H3. The molecule has 8 heavy (non-hydrogen) atoms. The molecule has 1 rings (SSSR count). The largest absolute Gasteiger partial charge is 0.298 e. The van der Waals surface area contributed by atoms with Crippen LogP contribution >= 0.6 is 0 Å². The molecule has 0 saturated heterocycles. The number of rotatable bonds is 0. The Kier molecular flexibility index (Phi) is 1.24. The van der Waals surface area contributed by atoms with Crippen LogP contribution in [-0.2, 0) is 0 Å². The maximum absolute atomic E-state index is 9.75. The highest BCUT2D eigenvalue weighted by Gasteiger charge is 2.09. The molecule has 0 atom stereocenters. The molecule has 0 fully saturated rings. The van der Waals surface area contributed by atoms with Crippen molar-refractivity contribution in [1.29, 1.82) is 0 Å². The van der Waals surface area contributed by atoms with E-state index in [4.69, 9.17) is 0 Å². The molecule has 1 heterocycles. The topological polar surface area (TPSA) is 45.0 Å². The Morgan fingerprint density at radius 2 is 2.62 bits per heavy atom. The predicted octanol–water partition coefficient (Wildman–Crippen LogP) is 0.402. The Labute approximate surface area is 47.1 Å². The van der Waals surface area contributed by atoms with Crippen LogP contribution in [0.5, 0.6) is 0 Å². The molecule has 0 bridgehead atoms. The van der Waals surface area contributed by atoms with Crippen LogP contribution in [0.25, 0.3) is 0 Å². The third-order valence-electron chi connectivity index (χ3n) is 1.05. The van der Waals surface area contributed by atoms with Gasteiger partial charge in [-0.1, -0.05) is 0 Å². The smallest absolute Gasteiger partial charge is 0.194 e. The van der Waals surface area contributed by atoms with Gasteiger partial charge in [-0.2, -0.15) is 5.10 Å². The van der Waals surface area contributed by atoms with Gasteiger partial charge in [0.25, 0.3) is 0 Å². The van der Waals surface area contributed by atoms with E-state index in [1.165, 1.54) is 0 Å². The SMILES string of the molecule is CN1CCC(N=O)=N1. The number of nitroso groups, excluding NO2 is 1. The van der Waals surface area contributed by atoms with Crippen LogP contribution in [-0.4, -0.2) is 24.4 Å². The first-order chi connectivity index (χ1) is 3.83. The summed E-state index contributed by atoms with van der Waals surface area (Å²) in [5.74, 6) is 0.410. The molecule has 1 aliphatic rings. The van der Waals surface area contributed by atoms with Crippen molar-refractivity contribution in [2.24, 2.45) is 10.3 Å². The van der Waals surface area contributed by atoms with Crippen molar-refractivity contribution in [3.05, 3.63) is 4.91 Å². The van der Waals surface area contributed by atoms with E-state index in [0.717, 1.165) is 6.54 Å². The van der Waals surface area contributed by atoms with E-state index >= 15 is 0 Å². The molecule has 0 unspecified atom stereocenters. The second-order valence-corrected chi connectivity index (χ2v) is 1.74. The second-order valence-electron chi connectivity index (χ2n) is 1.74. The lowest BCUT2D eigenvalue weighted by Crippen LogP contribution is -2.04. The highest BCUT2D eigenvalue weighted by atomic mass is 16.3. The zero-order chi connectivity index (χ0) is 5.98. The lowest BCUT2D eigenvalue weighted by Gasteiger charge is -1.99. The Bertz CT molecular complexity index is 131. The lowest BCUT2D eigenvalue weighted by molar-refractivity contribution is 0.393. The van der Waals surface area contributed by atoms with Gasteiger partial charge < -0.3 is 0 Å². The van der Waals surface area contributed by atoms with Gasteiger partial charge >= 0.3 is 0 Å². The molecule has 0 radical (unpaired) electrons. The average Bonchev–Trinajstić information content (AvgIpc) is 2.14. The van der Waals surface area contributed by atoms with Crippen molar-refractivity contribution >= 4 is 5.84 Å². The fourth-order valence-corrected chi connectivity index (χ4v) is 0.623. The molecule has 0 saturated carbocycles. The van der Waals surface area contributed by atoms with E-state index < -0.39 is 0 Å². The summed E-state index contributed by atoms with van der Waals surface area (Å²) in [6.07, 6.45) is 0.694. The van der Waals surface area contributed by atoms with E-state index in [0.29, 0.717) is 12.3 Å². The van der Waals surface area contributed by atoms with E-state index in [-0.39, 0.29) is 0 Å². The number of hydrazone groups is 1. The van der Waals surface area contributed by atoms with Crippen molar-refractivity contribution < 1.29 is 0 Å². The van der Waals surface area contributed by atoms with Crippen molar-refractivity contribution in [3.8, 4) is 0 Å². The van der Waals surface area contributed by atoms with Gasteiger partial charge in [-0.05, 0) is 5.18 Å². The molecular weight excluding hydrogens is 106 g/mol. The molecule has 4 nitrogen and oxygen atoms in total. The normalized spacial score (nSPS) is 18.6. The molecule has 0 aromatic rings. The Morgan fingerprint density at radius 3 is 2.88 bits per heavy atom. The van der Waals surface area contributed by atoms with Crippen LogP contribution in [0.4, 0.5) is 0 Å². The third kappa shape index (κ3) is 0.828. The van der Waals surface area contributed by atoms with Crippen LogP contribution in [0.15, 0.2) is 10.3 Å². The predicted molar refractivity (Wildman–Crippen MR) is 30.5 cm³/mol. The molecule has 1 aliphatic heterocycles. The zero-order valence-corrected chi connectivity index (χ0v) is 4.66. The summed E-state index contributed by atoms with van der Waals surface area (Å²) in [6.45, 7) is 0.821. The van der Waals surface area contributed by atoms with Crippen molar-refractivity contribution in [1.82, 2.24) is 5.01 Å². The van der Waals surface area contributed by atoms with Gasteiger partial charge in [0, 0.05) is 20.0 Å². The van der Waals surface area contributed by atoms with Crippen LogP contribution in [0, 0.1) is 4.91 Å². The maximum Gasteiger partial charge on any atom is 0.194 e. The molecule has 0 spiro atoms. The van der Waals surface area contributed by atoms with Crippen LogP contribution in [0.3, 0.4) is 0 Å². The minimum Gasteiger partial charge on any atom is -0.298 e. The van der Waals surface area contributed by atoms with Crippen LogP contribution in [0.1, 0.15) is 6.42 Å². The Balaban J connectivity index is 2.56. The first kappa shape index (κ1) is 5.21. The minimum absolute atomic E-state index is 0.410. The first-order valence-electron chi connectivity index (χ1n) is 2.45. The number of hydrogen-bond donors (Lipinski definition) is 0. The number of nitrogens with zero attached hydrogens (tertiary/aromatic N) is 3. The molecule has 0 aromatic carbocycles. The Hall–Kier alpha value is -0.930. The van der Waals surface area contributed by atoms with Gasteiger partial charge in [-0.25, -0.2) is 0 Å². The molecule has 0 aliphatic carbocycles. The summed E-state index contributed by atoms with van der Waals surface area (Å²) in [4.78, 5) is 9.75. The summed E-state index contributed by atoms with van der Waals surface area (Å²) in [6, 6.07) is 0. The van der Waals surface area contributed by atoms with E-state index in [2.05, 4.69) is 10.3 Å². The highest BCUT2D eigenvalue weighted by molar-refractivity contribution is 5.83. The van der Waals surface area contributed by atoms with E-state index in [9.17, 15) is 4.91 Å². The summed E-state index contributed by atoms with van der Waals surface area (Å²) < 4.78 is 0. The highest BCUT2D eigenvalue weighted by Crippen LogP contribution is 2.02. The van der Waals surface area contributed by atoms with Crippen LogP contribution < -0.4 is 0 Å². The number of amidine groups is 1. The lowest BCUT2D eigenvalue weighted by atomic mass is 10.4. The summed E-state index contributed by atoms with van der Waals surface area (Å²) in [5, 5.41) is 8.18. The monoisotopic (exact) mass is 113 g/mol. The van der Waals surface area contributed by atoms with Gasteiger partial charge in [0.2, 0.25) is 0 Å². The van der Waals surface area contributed by atoms with Crippen molar-refractivity contribution in [2.45, 2.75) is 6.42 Å². The molecule has 0 amide bonds. The average molecular weight is 113 g/mol. The van der Waals surface area contributed by atoms with Crippen LogP contribution in [0.2, 0.25) is 0 Å². The van der Waals surface area contributed by atoms with Gasteiger partial charge in [0.05, 0.1) is 0 Å². The minimum atomic E-state index is 0.410. The second kappa shape index (κ2) is 1.90. The summed E-state index contributed by atoms with van der Waals surface area (Å²) >= 11 is 0. The fourth-order valence-electron chi connectivity index (χ4n) is 0.623. The molecule has 0 N–H and O–H groups in total. The quantitative estimate of drug-likeness (QED) is 0.427. The van der Waals surface area contributed by atoms with Gasteiger partial charge in [0.1, 0.15) is 0 Å². The molecule has 4 heteroatoms. The van der Waals surface area contributed by atoms with E-state index in [1.807, 2.05) is 7.05 Å². The molecule has 0 aromatic heterocycles. The zero-order valence-electron chi connectivity index (χ0n) is 4.66. The molecule has 44 valence electrons. The summed E-state index contributed by atoms with van der Waals surface area (Å²) in [5.41, 5.74) is 0. The summed E-state index contributed by atoms with van der Waals surface area (Å²) in [7, 11) is 1.82. The molecular formula is C4H7N3O. The first-order valence-corrected chi connectivity index (χ1v) is 2.45. The van der Waals surface area contributed by atoms with Gasteiger partial charge in [0.15, 0.2) is 5.84 Å². The Morgan fingerprint density at radius 1 is 1.88 bits per heavy atom. The third-order valence-corrected chi connectivity index (χ3v) is 1.05. The van der Waals surface area contributed by atoms with Gasteiger partial charge in [-0.15, -0.1) is 4.91 Å². The van der Waals surface area contributed by atoms with Gasteiger partial charge in [-0.3, -0.25) is 5.01 Å². The van der Waals surface area contributed by atoms with E-state index in [1.54, 1.807) is 5.01 Å². The van der Waals surface area contributed by atoms with Crippen molar-refractivity contribution in [3.63, 3.8) is 0 Å². The number of hydrogen-bond acceptors (Lipinski definition) is 4. The maximum atomic E-state index is 9.75.